The molecule has 2 rings (SSSR count). The van der Waals surface area contributed by atoms with Crippen LogP contribution in [-0.2, 0) is 13.5 Å². The van der Waals surface area contributed by atoms with E-state index in [4.69, 9.17) is 10.6 Å². The van der Waals surface area contributed by atoms with Gasteiger partial charge in [0.25, 0.3) is 0 Å². The summed E-state index contributed by atoms with van der Waals surface area (Å²) in [7, 11) is 3.60. The Bertz CT molecular complexity index is 509. The maximum atomic E-state index is 5.60. The van der Waals surface area contributed by atoms with E-state index < -0.39 is 0 Å². The average Bonchev–Trinajstić information content (AvgIpc) is 2.82. The van der Waals surface area contributed by atoms with Gasteiger partial charge in [0.1, 0.15) is 5.75 Å². The molecule has 1 aromatic carbocycles. The van der Waals surface area contributed by atoms with Crippen LogP contribution in [0.15, 0.2) is 36.8 Å². The molecule has 96 valence electrons. The van der Waals surface area contributed by atoms with Gasteiger partial charge in [-0.3, -0.25) is 11.3 Å². The molecule has 0 fully saturated rings. The molecule has 0 saturated heterocycles. The maximum absolute atomic E-state index is 5.60. The number of nitrogens with two attached hydrogens (primary N) is 1. The minimum absolute atomic E-state index is 0.00157. The van der Waals surface area contributed by atoms with Gasteiger partial charge in [-0.05, 0) is 24.1 Å². The first-order chi connectivity index (χ1) is 8.72. The fraction of sp³-hybridized carbons (Fsp3) is 0.308. The van der Waals surface area contributed by atoms with Crippen LogP contribution in [0, 0.1) is 0 Å². The van der Waals surface area contributed by atoms with Crippen LogP contribution in [-0.4, -0.2) is 16.7 Å². The zero-order valence-corrected chi connectivity index (χ0v) is 10.6. The molecule has 1 heterocycles. The molecule has 0 aliphatic rings. The molecule has 1 aromatic heterocycles. The van der Waals surface area contributed by atoms with Crippen LogP contribution >= 0.6 is 0 Å². The quantitative estimate of drug-likeness (QED) is 0.614. The lowest BCUT2D eigenvalue weighted by molar-refractivity contribution is 0.413. The monoisotopic (exact) mass is 246 g/mol. The van der Waals surface area contributed by atoms with Crippen molar-refractivity contribution < 1.29 is 4.74 Å². The summed E-state index contributed by atoms with van der Waals surface area (Å²) in [6.45, 7) is 0. The Morgan fingerprint density at radius 3 is 2.94 bits per heavy atom. The third-order valence-corrected chi connectivity index (χ3v) is 2.86. The highest BCUT2D eigenvalue weighted by Gasteiger charge is 2.13. The minimum Gasteiger partial charge on any atom is -0.497 e. The summed E-state index contributed by atoms with van der Waals surface area (Å²) in [5.74, 6) is 6.45. The second kappa shape index (κ2) is 5.66. The number of rotatable bonds is 5. The smallest absolute Gasteiger partial charge is 0.119 e. The Morgan fingerprint density at radius 2 is 2.33 bits per heavy atom. The number of hydrogen-bond acceptors (Lipinski definition) is 4. The van der Waals surface area contributed by atoms with Crippen molar-refractivity contribution in [2.24, 2.45) is 12.9 Å². The predicted octanol–water partition coefficient (Wildman–Crippen LogP) is 1.18. The van der Waals surface area contributed by atoms with Crippen molar-refractivity contribution in [3.63, 3.8) is 0 Å². The highest BCUT2D eigenvalue weighted by atomic mass is 16.5. The van der Waals surface area contributed by atoms with Crippen LogP contribution in [0.4, 0.5) is 0 Å². The molecule has 0 spiro atoms. The number of ether oxygens (including phenoxy) is 1. The van der Waals surface area contributed by atoms with Crippen molar-refractivity contribution in [3.8, 4) is 5.75 Å². The number of benzene rings is 1. The molecule has 0 amide bonds. The van der Waals surface area contributed by atoms with Gasteiger partial charge in [-0.1, -0.05) is 12.1 Å². The number of hydrogen-bond donors (Lipinski definition) is 2. The largest absolute Gasteiger partial charge is 0.497 e. The van der Waals surface area contributed by atoms with Gasteiger partial charge in [0.05, 0.1) is 25.2 Å². The minimum atomic E-state index is -0.00157. The van der Waals surface area contributed by atoms with Crippen LogP contribution in [0.1, 0.15) is 17.3 Å². The van der Waals surface area contributed by atoms with Gasteiger partial charge < -0.3 is 9.30 Å². The van der Waals surface area contributed by atoms with Crippen LogP contribution < -0.4 is 16.0 Å². The SMILES string of the molecule is COc1cccc(CC(NN)c2cn(C)cn2)c1. The van der Waals surface area contributed by atoms with E-state index in [-0.39, 0.29) is 6.04 Å². The Balaban J connectivity index is 2.14. The highest BCUT2D eigenvalue weighted by Crippen LogP contribution is 2.19. The number of nitrogens with one attached hydrogen (secondary N) is 1. The van der Waals surface area contributed by atoms with Gasteiger partial charge in [0, 0.05) is 13.2 Å². The summed E-state index contributed by atoms with van der Waals surface area (Å²) >= 11 is 0. The van der Waals surface area contributed by atoms with E-state index in [1.807, 2.05) is 36.0 Å². The van der Waals surface area contributed by atoms with E-state index in [1.54, 1.807) is 13.4 Å². The topological polar surface area (TPSA) is 65.1 Å². The van der Waals surface area contributed by atoms with Crippen LogP contribution in [0.3, 0.4) is 0 Å². The van der Waals surface area contributed by atoms with E-state index in [0.717, 1.165) is 23.4 Å². The van der Waals surface area contributed by atoms with Crippen molar-refractivity contribution >= 4 is 0 Å². The molecule has 1 atom stereocenters. The van der Waals surface area contributed by atoms with E-state index in [1.165, 1.54) is 0 Å². The van der Waals surface area contributed by atoms with Crippen molar-refractivity contribution in [1.29, 1.82) is 0 Å². The molecule has 5 heteroatoms. The summed E-state index contributed by atoms with van der Waals surface area (Å²) in [5, 5.41) is 0. The second-order valence-corrected chi connectivity index (χ2v) is 4.24. The molecule has 3 N–H and O–H groups in total. The number of aryl methyl sites for hydroxylation is 1. The van der Waals surface area contributed by atoms with Gasteiger partial charge in [0.15, 0.2) is 0 Å². The zero-order valence-electron chi connectivity index (χ0n) is 10.6. The molecule has 1 unspecified atom stereocenters. The summed E-state index contributed by atoms with van der Waals surface area (Å²) in [5.41, 5.74) is 4.89. The Morgan fingerprint density at radius 1 is 1.50 bits per heavy atom. The Kier molecular flexibility index (Phi) is 3.96. The molecular weight excluding hydrogens is 228 g/mol. The summed E-state index contributed by atoms with van der Waals surface area (Å²) < 4.78 is 7.12. The third kappa shape index (κ3) is 2.88. The van der Waals surface area contributed by atoms with Gasteiger partial charge in [0.2, 0.25) is 0 Å². The predicted molar refractivity (Wildman–Crippen MR) is 70.0 cm³/mol. The molecule has 0 radical (unpaired) electrons. The van der Waals surface area contributed by atoms with Crippen LogP contribution in [0.2, 0.25) is 0 Å². The van der Waals surface area contributed by atoms with Crippen molar-refractivity contribution in [1.82, 2.24) is 15.0 Å². The summed E-state index contributed by atoms with van der Waals surface area (Å²) in [6, 6.07) is 7.96. The third-order valence-electron chi connectivity index (χ3n) is 2.86. The van der Waals surface area contributed by atoms with Crippen LogP contribution in [0.25, 0.3) is 0 Å². The molecule has 2 aromatic rings. The molecule has 18 heavy (non-hydrogen) atoms. The van der Waals surface area contributed by atoms with Crippen molar-refractivity contribution in [2.45, 2.75) is 12.5 Å². The fourth-order valence-electron chi connectivity index (χ4n) is 1.90. The first-order valence-electron chi connectivity index (χ1n) is 5.80. The van der Waals surface area contributed by atoms with Crippen LogP contribution in [0.5, 0.6) is 5.75 Å². The van der Waals surface area contributed by atoms with E-state index in [2.05, 4.69) is 16.5 Å². The Labute approximate surface area is 107 Å². The Hall–Kier alpha value is -1.85. The lowest BCUT2D eigenvalue weighted by atomic mass is 10.0. The molecule has 0 aliphatic carbocycles. The van der Waals surface area contributed by atoms with Gasteiger partial charge >= 0.3 is 0 Å². The lowest BCUT2D eigenvalue weighted by Gasteiger charge is -2.14. The van der Waals surface area contributed by atoms with Crippen molar-refractivity contribution in [3.05, 3.63) is 48.0 Å². The summed E-state index contributed by atoms with van der Waals surface area (Å²) in [4.78, 5) is 4.31. The van der Waals surface area contributed by atoms with Crippen molar-refractivity contribution in [2.75, 3.05) is 7.11 Å². The second-order valence-electron chi connectivity index (χ2n) is 4.24. The van der Waals surface area contributed by atoms with Gasteiger partial charge in [-0.2, -0.15) is 0 Å². The normalized spacial score (nSPS) is 12.4. The lowest BCUT2D eigenvalue weighted by Crippen LogP contribution is -2.29. The highest BCUT2D eigenvalue weighted by molar-refractivity contribution is 5.29. The van der Waals surface area contributed by atoms with Gasteiger partial charge in [-0.15, -0.1) is 0 Å². The molecule has 5 nitrogen and oxygen atoms in total. The van der Waals surface area contributed by atoms with Gasteiger partial charge in [-0.25, -0.2) is 4.98 Å². The number of nitrogens with zero attached hydrogens (tertiary/aromatic N) is 2. The number of hydrazine groups is 1. The first-order valence-corrected chi connectivity index (χ1v) is 5.80. The number of methoxy groups -OCH3 is 1. The zero-order chi connectivity index (χ0) is 13.0. The fourth-order valence-corrected chi connectivity index (χ4v) is 1.90. The molecule has 0 aliphatic heterocycles. The molecular formula is C13H18N4O. The molecule has 0 saturated carbocycles. The number of aromatic nitrogens is 2. The molecule has 0 bridgehead atoms. The summed E-state index contributed by atoms with van der Waals surface area (Å²) in [6.07, 6.45) is 4.50. The first kappa shape index (κ1) is 12.6. The van der Waals surface area contributed by atoms with E-state index in [0.29, 0.717) is 0 Å². The van der Waals surface area contributed by atoms with E-state index in [9.17, 15) is 0 Å². The standard InChI is InChI=1S/C13H18N4O/c1-17-8-13(15-9-17)12(16-14)7-10-4-3-5-11(6-10)18-2/h3-6,8-9,12,16H,7,14H2,1-2H3. The maximum Gasteiger partial charge on any atom is 0.119 e. The number of imidazole rings is 1. The average molecular weight is 246 g/mol. The van der Waals surface area contributed by atoms with E-state index >= 15 is 0 Å².